The van der Waals surface area contributed by atoms with Crippen LogP contribution in [0, 0.1) is 0 Å². The molecule has 1 aromatic carbocycles. The summed E-state index contributed by atoms with van der Waals surface area (Å²) in [6.45, 7) is 3.84. The zero-order chi connectivity index (χ0) is 14.5. The molecular weight excluding hydrogens is 280 g/mol. The Morgan fingerprint density at radius 3 is 3.00 bits per heavy atom. The van der Waals surface area contributed by atoms with Crippen molar-refractivity contribution in [2.45, 2.75) is 45.3 Å². The van der Waals surface area contributed by atoms with Crippen LogP contribution in [-0.2, 0) is 13.0 Å². The number of nitrogens with zero attached hydrogens (tertiary/aromatic N) is 1. The summed E-state index contributed by atoms with van der Waals surface area (Å²) in [5.41, 5.74) is 1.27. The van der Waals surface area contributed by atoms with Crippen molar-refractivity contribution in [3.8, 4) is 5.75 Å². The van der Waals surface area contributed by atoms with E-state index in [1.54, 1.807) is 0 Å². The Balaban J connectivity index is 1.66. The number of thiazole rings is 1. The Kier molecular flexibility index (Phi) is 4.88. The topological polar surface area (TPSA) is 34.1 Å². The molecule has 0 spiro atoms. The lowest BCUT2D eigenvalue weighted by Crippen LogP contribution is -2.25. The van der Waals surface area contributed by atoms with Crippen molar-refractivity contribution in [2.75, 3.05) is 6.54 Å². The van der Waals surface area contributed by atoms with Crippen LogP contribution in [0.15, 0.2) is 30.3 Å². The molecule has 1 aliphatic carbocycles. The molecule has 0 saturated carbocycles. The van der Waals surface area contributed by atoms with Crippen molar-refractivity contribution >= 4 is 11.3 Å². The highest BCUT2D eigenvalue weighted by molar-refractivity contribution is 7.11. The minimum atomic E-state index is 0.440. The summed E-state index contributed by atoms with van der Waals surface area (Å²) in [5.74, 6) is 0.909. The average Bonchev–Trinajstić information content (AvgIpc) is 2.95. The largest absolute Gasteiger partial charge is 0.486 e. The van der Waals surface area contributed by atoms with E-state index in [-0.39, 0.29) is 0 Å². The Labute approximate surface area is 130 Å². The SMILES string of the molecule is CCCNC1CCCc2sc(COc3ccccc3)nc21. The Bertz CT molecular complexity index is 567. The van der Waals surface area contributed by atoms with Gasteiger partial charge in [0.1, 0.15) is 17.4 Å². The number of aryl methyl sites for hydroxylation is 1. The fourth-order valence-corrected chi connectivity index (χ4v) is 3.79. The summed E-state index contributed by atoms with van der Waals surface area (Å²) in [6, 6.07) is 10.4. The Morgan fingerprint density at radius 1 is 1.33 bits per heavy atom. The molecule has 0 amide bonds. The molecular formula is C17H22N2OS. The molecule has 1 aromatic heterocycles. The van der Waals surface area contributed by atoms with Gasteiger partial charge in [-0.15, -0.1) is 11.3 Å². The molecule has 3 rings (SSSR count). The number of hydrogen-bond acceptors (Lipinski definition) is 4. The highest BCUT2D eigenvalue weighted by Gasteiger charge is 2.24. The monoisotopic (exact) mass is 302 g/mol. The van der Waals surface area contributed by atoms with E-state index in [4.69, 9.17) is 9.72 Å². The molecule has 4 heteroatoms. The molecule has 1 N–H and O–H groups in total. The van der Waals surface area contributed by atoms with Gasteiger partial charge in [0.15, 0.2) is 0 Å². The van der Waals surface area contributed by atoms with Gasteiger partial charge in [0.25, 0.3) is 0 Å². The van der Waals surface area contributed by atoms with Crippen molar-refractivity contribution < 1.29 is 4.74 Å². The molecule has 1 heterocycles. The van der Waals surface area contributed by atoms with Gasteiger partial charge in [-0.2, -0.15) is 0 Å². The molecule has 1 atom stereocenters. The zero-order valence-corrected chi connectivity index (χ0v) is 13.3. The number of fused-ring (bicyclic) bond motifs is 1. The number of benzene rings is 1. The average molecular weight is 302 g/mol. The number of ether oxygens (including phenoxy) is 1. The lowest BCUT2D eigenvalue weighted by Gasteiger charge is -2.22. The summed E-state index contributed by atoms with van der Waals surface area (Å²) < 4.78 is 5.81. The van der Waals surface area contributed by atoms with Crippen LogP contribution in [0.25, 0.3) is 0 Å². The molecule has 21 heavy (non-hydrogen) atoms. The van der Waals surface area contributed by atoms with Gasteiger partial charge in [0.05, 0.1) is 11.7 Å². The number of aromatic nitrogens is 1. The number of hydrogen-bond donors (Lipinski definition) is 1. The number of para-hydroxylation sites is 1. The third kappa shape index (κ3) is 3.63. The van der Waals surface area contributed by atoms with Gasteiger partial charge < -0.3 is 10.1 Å². The van der Waals surface area contributed by atoms with E-state index in [1.165, 1.54) is 36.3 Å². The maximum Gasteiger partial charge on any atom is 0.140 e. The van der Waals surface area contributed by atoms with Crippen LogP contribution < -0.4 is 10.1 Å². The van der Waals surface area contributed by atoms with E-state index >= 15 is 0 Å². The minimum absolute atomic E-state index is 0.440. The molecule has 112 valence electrons. The molecule has 0 radical (unpaired) electrons. The standard InChI is InChI=1S/C17H22N2OS/c1-2-11-18-14-9-6-10-15-17(14)19-16(21-15)12-20-13-7-4-3-5-8-13/h3-5,7-8,14,18H,2,6,9-12H2,1H3. The Hall–Kier alpha value is -1.39. The quantitative estimate of drug-likeness (QED) is 0.872. The van der Waals surface area contributed by atoms with Crippen LogP contribution in [-0.4, -0.2) is 11.5 Å². The van der Waals surface area contributed by atoms with Crippen LogP contribution >= 0.6 is 11.3 Å². The predicted octanol–water partition coefficient (Wildman–Crippen LogP) is 4.10. The first-order valence-electron chi connectivity index (χ1n) is 7.76. The summed E-state index contributed by atoms with van der Waals surface area (Å²) in [4.78, 5) is 6.28. The molecule has 3 nitrogen and oxygen atoms in total. The van der Waals surface area contributed by atoms with Gasteiger partial charge in [-0.25, -0.2) is 4.98 Å². The molecule has 2 aromatic rings. The van der Waals surface area contributed by atoms with E-state index in [0.29, 0.717) is 12.6 Å². The van der Waals surface area contributed by atoms with Gasteiger partial charge in [-0.05, 0) is 44.4 Å². The molecule has 0 aliphatic heterocycles. The van der Waals surface area contributed by atoms with E-state index in [2.05, 4.69) is 12.2 Å². The maximum atomic E-state index is 5.81. The van der Waals surface area contributed by atoms with Gasteiger partial charge in [0, 0.05) is 4.88 Å². The van der Waals surface area contributed by atoms with Gasteiger partial charge >= 0.3 is 0 Å². The lowest BCUT2D eigenvalue weighted by molar-refractivity contribution is 0.305. The van der Waals surface area contributed by atoms with E-state index < -0.39 is 0 Å². The number of nitrogens with one attached hydrogen (secondary N) is 1. The highest BCUT2D eigenvalue weighted by atomic mass is 32.1. The van der Waals surface area contributed by atoms with Crippen LogP contribution in [0.5, 0.6) is 5.75 Å². The molecule has 0 bridgehead atoms. The predicted molar refractivity (Wildman–Crippen MR) is 86.9 cm³/mol. The fourth-order valence-electron chi connectivity index (χ4n) is 2.71. The summed E-state index contributed by atoms with van der Waals surface area (Å²) >= 11 is 1.82. The van der Waals surface area contributed by atoms with Crippen molar-refractivity contribution in [3.05, 3.63) is 45.9 Å². The van der Waals surface area contributed by atoms with Crippen LogP contribution in [0.1, 0.15) is 47.8 Å². The Morgan fingerprint density at radius 2 is 2.19 bits per heavy atom. The maximum absolute atomic E-state index is 5.81. The summed E-state index contributed by atoms with van der Waals surface area (Å²) in [7, 11) is 0. The second-order valence-corrected chi connectivity index (χ2v) is 6.58. The van der Waals surface area contributed by atoms with E-state index in [1.807, 2.05) is 41.7 Å². The molecule has 1 unspecified atom stereocenters. The van der Waals surface area contributed by atoms with Crippen molar-refractivity contribution in [3.63, 3.8) is 0 Å². The second kappa shape index (κ2) is 7.05. The third-order valence-electron chi connectivity index (χ3n) is 3.74. The minimum Gasteiger partial charge on any atom is -0.486 e. The summed E-state index contributed by atoms with van der Waals surface area (Å²) in [6.07, 6.45) is 4.80. The summed E-state index contributed by atoms with van der Waals surface area (Å²) in [5, 5.41) is 4.71. The van der Waals surface area contributed by atoms with Crippen LogP contribution in [0.4, 0.5) is 0 Å². The van der Waals surface area contributed by atoms with Crippen LogP contribution in [0.2, 0.25) is 0 Å². The fraction of sp³-hybridized carbons (Fsp3) is 0.471. The van der Waals surface area contributed by atoms with Crippen molar-refractivity contribution in [1.29, 1.82) is 0 Å². The van der Waals surface area contributed by atoms with Gasteiger partial charge in [-0.1, -0.05) is 25.1 Å². The first-order chi connectivity index (χ1) is 10.4. The van der Waals surface area contributed by atoms with E-state index in [9.17, 15) is 0 Å². The first kappa shape index (κ1) is 14.5. The first-order valence-corrected chi connectivity index (χ1v) is 8.58. The molecule has 0 saturated heterocycles. The molecule has 1 aliphatic rings. The van der Waals surface area contributed by atoms with E-state index in [0.717, 1.165) is 17.3 Å². The third-order valence-corrected chi connectivity index (χ3v) is 4.85. The normalized spacial score (nSPS) is 17.5. The van der Waals surface area contributed by atoms with Crippen LogP contribution in [0.3, 0.4) is 0 Å². The smallest absolute Gasteiger partial charge is 0.140 e. The lowest BCUT2D eigenvalue weighted by atomic mass is 9.97. The zero-order valence-electron chi connectivity index (χ0n) is 12.5. The van der Waals surface area contributed by atoms with Crippen molar-refractivity contribution in [2.24, 2.45) is 0 Å². The number of rotatable bonds is 6. The van der Waals surface area contributed by atoms with Crippen molar-refractivity contribution in [1.82, 2.24) is 10.3 Å². The second-order valence-electron chi connectivity index (χ2n) is 5.42. The van der Waals surface area contributed by atoms with Gasteiger partial charge in [-0.3, -0.25) is 0 Å². The highest BCUT2D eigenvalue weighted by Crippen LogP contribution is 2.33. The molecule has 0 fully saturated rings. The van der Waals surface area contributed by atoms with Gasteiger partial charge in [0.2, 0.25) is 0 Å².